The number of carbonyl (C=O) groups is 3. The molecule has 0 unspecified atom stereocenters. The van der Waals surface area contributed by atoms with Crippen molar-refractivity contribution >= 4 is 34.6 Å². The van der Waals surface area contributed by atoms with E-state index in [0.717, 1.165) is 56.1 Å². The summed E-state index contributed by atoms with van der Waals surface area (Å²) in [5.41, 5.74) is 0.416. The number of hydrogen-bond donors (Lipinski definition) is 2. The molecule has 13 heteroatoms. The average Bonchev–Trinajstić information content (AvgIpc) is 3.44. The van der Waals surface area contributed by atoms with Gasteiger partial charge in [0.1, 0.15) is 6.04 Å². The summed E-state index contributed by atoms with van der Waals surface area (Å²) in [5.74, 6) is 0.867. The minimum absolute atomic E-state index is 0.0376. The number of aromatic amines is 1. The summed E-state index contributed by atoms with van der Waals surface area (Å²) in [6.07, 6.45) is 9.30. The number of pyridine rings is 1. The molecule has 7 heterocycles. The molecular weight excluding hydrogens is 662 g/mol. The maximum Gasteiger partial charge on any atom is 0.247 e. The number of nitrogens with zero attached hydrogens (tertiary/aromatic N) is 5. The largest absolute Gasteiger partial charge is 0.384 e. The van der Waals surface area contributed by atoms with Gasteiger partial charge in [-0.3, -0.25) is 19.5 Å². The third kappa shape index (κ3) is 6.81. The smallest absolute Gasteiger partial charge is 0.247 e. The zero-order chi connectivity index (χ0) is 36.3. The predicted molar refractivity (Wildman–Crippen MR) is 194 cm³/mol. The Hall–Kier alpha value is -3.29. The average molecular weight is 720 g/mol. The number of likely N-dealkylation sites (tertiary alicyclic amines) is 2. The van der Waals surface area contributed by atoms with E-state index >= 15 is 0 Å². The van der Waals surface area contributed by atoms with Crippen molar-refractivity contribution in [3.63, 3.8) is 0 Å². The van der Waals surface area contributed by atoms with Gasteiger partial charge in [0, 0.05) is 69.8 Å². The van der Waals surface area contributed by atoms with Gasteiger partial charge in [-0.25, -0.2) is 4.98 Å². The van der Waals surface area contributed by atoms with Crippen molar-refractivity contribution in [1.82, 2.24) is 30.3 Å². The number of anilines is 1. The Morgan fingerprint density at radius 2 is 1.90 bits per heavy atom. The minimum Gasteiger partial charge on any atom is -0.384 e. The SMILES string of the molecule is COC[C@H]1CCCN(C(=O)[C@@H](NC(=O)[C@@H]2CN(c3n[nH]c4ncccc34)CC23CN(C(=O)C[C@H]2CC2(C)C)C3)[C@@H](C)OCC23CCC(CC2)OC3)C1. The molecule has 9 rings (SSSR count). The van der Waals surface area contributed by atoms with Crippen molar-refractivity contribution in [3.8, 4) is 0 Å². The van der Waals surface area contributed by atoms with Crippen LogP contribution >= 0.6 is 0 Å². The van der Waals surface area contributed by atoms with E-state index in [1.54, 1.807) is 13.3 Å². The molecule has 2 saturated carbocycles. The van der Waals surface area contributed by atoms with Crippen molar-refractivity contribution in [1.29, 1.82) is 0 Å². The normalized spacial score (nSPS) is 31.4. The van der Waals surface area contributed by atoms with Crippen LogP contribution in [0.3, 0.4) is 0 Å². The Morgan fingerprint density at radius 3 is 2.62 bits per heavy atom. The molecule has 2 aliphatic carbocycles. The highest BCUT2D eigenvalue weighted by Gasteiger charge is 2.59. The molecule has 7 aliphatic rings. The fraction of sp³-hybridized carbons (Fsp3) is 0.769. The van der Waals surface area contributed by atoms with E-state index in [9.17, 15) is 14.4 Å². The first kappa shape index (κ1) is 35.7. The molecule has 2 bridgehead atoms. The molecule has 5 saturated heterocycles. The van der Waals surface area contributed by atoms with Crippen LogP contribution in [0.2, 0.25) is 0 Å². The Kier molecular flexibility index (Phi) is 9.51. The van der Waals surface area contributed by atoms with E-state index in [0.29, 0.717) is 83.2 Å². The third-order valence-corrected chi connectivity index (χ3v) is 13.6. The van der Waals surface area contributed by atoms with Crippen LogP contribution in [-0.2, 0) is 28.6 Å². The number of nitrogens with one attached hydrogen (secondary N) is 2. The summed E-state index contributed by atoms with van der Waals surface area (Å²) < 4.78 is 18.1. The first-order valence-electron chi connectivity index (χ1n) is 19.6. The molecule has 3 amide bonds. The van der Waals surface area contributed by atoms with E-state index in [1.165, 1.54) is 0 Å². The topological polar surface area (TPSA) is 142 Å². The molecule has 2 aromatic heterocycles. The number of methoxy groups -OCH3 is 1. The number of aromatic nitrogens is 3. The molecule has 0 radical (unpaired) electrons. The predicted octanol–water partition coefficient (Wildman–Crippen LogP) is 3.39. The number of piperidine rings is 1. The second kappa shape index (κ2) is 13.8. The number of amides is 3. The van der Waals surface area contributed by atoms with E-state index in [-0.39, 0.29) is 34.5 Å². The van der Waals surface area contributed by atoms with Crippen molar-refractivity contribution in [3.05, 3.63) is 18.3 Å². The summed E-state index contributed by atoms with van der Waals surface area (Å²) in [7, 11) is 1.70. The third-order valence-electron chi connectivity index (χ3n) is 13.6. The van der Waals surface area contributed by atoms with Crippen LogP contribution in [0.4, 0.5) is 5.82 Å². The fourth-order valence-corrected chi connectivity index (χ4v) is 9.92. The molecule has 5 aliphatic heterocycles. The number of carbonyl (C=O) groups excluding carboxylic acids is 3. The molecule has 13 nitrogen and oxygen atoms in total. The van der Waals surface area contributed by atoms with Gasteiger partial charge in [0.2, 0.25) is 17.7 Å². The van der Waals surface area contributed by atoms with Crippen LogP contribution in [0.25, 0.3) is 11.0 Å². The van der Waals surface area contributed by atoms with Crippen LogP contribution in [0, 0.1) is 34.0 Å². The second-order valence-corrected chi connectivity index (χ2v) is 17.8. The van der Waals surface area contributed by atoms with Crippen molar-refractivity contribution < 1.29 is 28.6 Å². The second-order valence-electron chi connectivity index (χ2n) is 17.8. The molecule has 2 N–H and O–H groups in total. The number of fused-ring (bicyclic) bond motifs is 4. The lowest BCUT2D eigenvalue weighted by Crippen LogP contribution is -2.65. The van der Waals surface area contributed by atoms with Crippen LogP contribution < -0.4 is 10.2 Å². The van der Waals surface area contributed by atoms with Gasteiger partial charge in [0.25, 0.3) is 0 Å². The van der Waals surface area contributed by atoms with E-state index < -0.39 is 23.5 Å². The quantitative estimate of drug-likeness (QED) is 0.338. The van der Waals surface area contributed by atoms with Gasteiger partial charge in [-0.2, -0.15) is 5.10 Å². The molecule has 7 fully saturated rings. The van der Waals surface area contributed by atoms with Crippen molar-refractivity contribution in [2.24, 2.45) is 34.0 Å². The summed E-state index contributed by atoms with van der Waals surface area (Å²) in [6.45, 7) is 11.4. The van der Waals surface area contributed by atoms with Crippen LogP contribution in [-0.4, -0.2) is 127 Å². The van der Waals surface area contributed by atoms with Gasteiger partial charge >= 0.3 is 0 Å². The van der Waals surface area contributed by atoms with Gasteiger partial charge in [0.05, 0.1) is 43.3 Å². The highest BCUT2D eigenvalue weighted by Crippen LogP contribution is 2.54. The molecule has 0 aromatic carbocycles. The lowest BCUT2D eigenvalue weighted by Gasteiger charge is -2.50. The van der Waals surface area contributed by atoms with Crippen molar-refractivity contribution in [2.45, 2.75) is 90.4 Å². The van der Waals surface area contributed by atoms with Crippen LogP contribution in [0.1, 0.15) is 72.1 Å². The summed E-state index contributed by atoms with van der Waals surface area (Å²) >= 11 is 0. The van der Waals surface area contributed by atoms with Gasteiger partial charge in [0.15, 0.2) is 11.5 Å². The monoisotopic (exact) mass is 719 g/mol. The van der Waals surface area contributed by atoms with Crippen LogP contribution in [0.5, 0.6) is 0 Å². The Morgan fingerprint density at radius 1 is 1.12 bits per heavy atom. The maximum atomic E-state index is 14.7. The first-order valence-corrected chi connectivity index (χ1v) is 19.6. The summed E-state index contributed by atoms with van der Waals surface area (Å²) in [6, 6.07) is 3.03. The Balaban J connectivity index is 1.02. The van der Waals surface area contributed by atoms with Crippen LogP contribution in [0.15, 0.2) is 18.3 Å². The molecule has 1 spiro atoms. The Labute approximate surface area is 306 Å². The van der Waals surface area contributed by atoms with Gasteiger partial charge in [-0.1, -0.05) is 13.8 Å². The summed E-state index contributed by atoms with van der Waals surface area (Å²) in [5, 5.41) is 11.8. The Bertz CT molecular complexity index is 1630. The lowest BCUT2D eigenvalue weighted by atomic mass is 9.70. The molecule has 2 aromatic rings. The highest BCUT2D eigenvalue weighted by molar-refractivity contribution is 5.92. The standard InChI is InChI=1S/C39H57N7O6/c1-25(51-23-38-11-9-28(10-12-38)52-24-38)32(36(49)44-14-6-7-26(17-44)19-50-4)41-35(48)30-18-45(34-29-8-5-13-40-33(29)42-43-34)20-39(30)21-46(22-39)31(47)15-27-16-37(27,2)3/h5,8,13,25-28,30,32H,6-7,9-12,14-24H2,1-4H3,(H,41,48)(H,40,42,43)/t25-,26+,27+,28?,30+,32+,38?/m1/s1. The van der Waals surface area contributed by atoms with E-state index in [1.807, 2.05) is 28.9 Å². The van der Waals surface area contributed by atoms with Crippen molar-refractivity contribution in [2.75, 3.05) is 71.1 Å². The minimum atomic E-state index is -0.845. The molecule has 52 heavy (non-hydrogen) atoms. The molecule has 5 atom stereocenters. The highest BCUT2D eigenvalue weighted by atomic mass is 16.5. The lowest BCUT2D eigenvalue weighted by molar-refractivity contribution is -0.160. The number of H-pyrrole nitrogens is 1. The van der Waals surface area contributed by atoms with E-state index in [2.05, 4.69) is 39.2 Å². The first-order chi connectivity index (χ1) is 25.0. The number of ether oxygens (including phenoxy) is 3. The zero-order valence-corrected chi connectivity index (χ0v) is 31.4. The number of hydrogen-bond acceptors (Lipinski definition) is 9. The van der Waals surface area contributed by atoms with E-state index in [4.69, 9.17) is 14.2 Å². The maximum absolute atomic E-state index is 14.7. The molecular formula is C39H57N7O6. The zero-order valence-electron chi connectivity index (χ0n) is 31.4. The van der Waals surface area contributed by atoms with Gasteiger partial charge in [-0.15, -0.1) is 0 Å². The molecule has 284 valence electrons. The summed E-state index contributed by atoms with van der Waals surface area (Å²) in [4.78, 5) is 53.1. The fourth-order valence-electron chi connectivity index (χ4n) is 9.92. The number of rotatable bonds is 12. The van der Waals surface area contributed by atoms with Gasteiger partial charge in [-0.05, 0) is 81.3 Å². The van der Waals surface area contributed by atoms with Gasteiger partial charge < -0.3 is 34.2 Å².